The minimum atomic E-state index is 0.716. The van der Waals surface area contributed by atoms with E-state index in [0.29, 0.717) is 6.04 Å². The van der Waals surface area contributed by atoms with Gasteiger partial charge in [-0.1, -0.05) is 61.2 Å². The first-order valence-electron chi connectivity index (χ1n) is 8.90. The summed E-state index contributed by atoms with van der Waals surface area (Å²) in [5.41, 5.74) is 3.30. The van der Waals surface area contributed by atoms with E-state index in [4.69, 9.17) is 0 Å². The number of hydrogen-bond donors (Lipinski definition) is 0. The van der Waals surface area contributed by atoms with Gasteiger partial charge in [0.2, 0.25) is 0 Å². The Morgan fingerprint density at radius 2 is 1.71 bits per heavy atom. The molecule has 0 radical (unpaired) electrons. The van der Waals surface area contributed by atoms with Crippen molar-refractivity contribution < 1.29 is 0 Å². The molecule has 1 aromatic rings. The van der Waals surface area contributed by atoms with Crippen molar-refractivity contribution >= 4 is 0 Å². The van der Waals surface area contributed by atoms with Gasteiger partial charge < -0.3 is 0 Å². The molecule has 0 spiro atoms. The maximum absolute atomic E-state index is 2.79. The van der Waals surface area contributed by atoms with E-state index in [1.54, 1.807) is 0 Å². The smallest absolute Gasteiger partial charge is 0.0287 e. The molecular weight excluding hydrogens is 254 g/mol. The van der Waals surface area contributed by atoms with Crippen LogP contribution < -0.4 is 0 Å². The Kier molecular flexibility index (Phi) is 3.85. The fraction of sp³-hybridized carbons (Fsp3) is 0.600. The van der Waals surface area contributed by atoms with E-state index in [9.17, 15) is 0 Å². The largest absolute Gasteiger partial charge is 0.289 e. The number of hydrogen-bond acceptors (Lipinski definition) is 1. The van der Waals surface area contributed by atoms with Crippen LogP contribution in [0.2, 0.25) is 0 Å². The minimum absolute atomic E-state index is 0.716. The summed E-state index contributed by atoms with van der Waals surface area (Å²) in [4.78, 5) is 2.79. The van der Waals surface area contributed by atoms with E-state index < -0.39 is 0 Å². The zero-order valence-electron chi connectivity index (χ0n) is 13.0. The zero-order chi connectivity index (χ0) is 14.1. The van der Waals surface area contributed by atoms with Crippen molar-refractivity contribution in [3.8, 4) is 0 Å². The van der Waals surface area contributed by atoms with Gasteiger partial charge in [-0.2, -0.15) is 0 Å². The number of benzene rings is 1. The Bertz CT molecular complexity index is 498. The molecule has 0 N–H and O–H groups in total. The molecule has 2 bridgehead atoms. The summed E-state index contributed by atoms with van der Waals surface area (Å²) in [6.45, 7) is 1.14. The molecule has 0 aromatic heterocycles. The second-order valence-corrected chi connectivity index (χ2v) is 7.24. The van der Waals surface area contributed by atoms with Gasteiger partial charge in [-0.15, -0.1) is 0 Å². The second-order valence-electron chi connectivity index (χ2n) is 7.24. The van der Waals surface area contributed by atoms with Crippen molar-refractivity contribution in [1.29, 1.82) is 0 Å². The topological polar surface area (TPSA) is 3.24 Å². The van der Waals surface area contributed by atoms with Gasteiger partial charge in [-0.05, 0) is 43.6 Å². The third-order valence-electron chi connectivity index (χ3n) is 5.90. The molecule has 1 nitrogen and oxygen atoms in total. The molecule has 1 aliphatic carbocycles. The Morgan fingerprint density at radius 1 is 0.905 bits per heavy atom. The molecule has 21 heavy (non-hydrogen) atoms. The van der Waals surface area contributed by atoms with Gasteiger partial charge in [-0.25, -0.2) is 0 Å². The Labute approximate surface area is 129 Å². The third kappa shape index (κ3) is 2.81. The van der Waals surface area contributed by atoms with Crippen molar-refractivity contribution in [3.05, 3.63) is 47.5 Å². The monoisotopic (exact) mass is 281 g/mol. The summed E-state index contributed by atoms with van der Waals surface area (Å²) in [6, 6.07) is 12.6. The van der Waals surface area contributed by atoms with E-state index in [0.717, 1.165) is 18.5 Å². The molecule has 2 fully saturated rings. The van der Waals surface area contributed by atoms with Crippen molar-refractivity contribution in [3.63, 3.8) is 0 Å². The first-order valence-corrected chi connectivity index (χ1v) is 8.90. The third-order valence-corrected chi connectivity index (χ3v) is 5.90. The van der Waals surface area contributed by atoms with Crippen LogP contribution in [0.4, 0.5) is 0 Å². The van der Waals surface area contributed by atoms with E-state index in [1.807, 2.05) is 5.57 Å². The summed E-state index contributed by atoms with van der Waals surface area (Å²) >= 11 is 0. The SMILES string of the molecule is C1=C(C2CCCC2)CC2CCCC1N2Cc1ccccc1. The van der Waals surface area contributed by atoms with Crippen molar-refractivity contribution in [2.75, 3.05) is 0 Å². The number of nitrogens with zero attached hydrogens (tertiary/aromatic N) is 1. The lowest BCUT2D eigenvalue weighted by Crippen LogP contribution is -2.48. The standard InChI is InChI=1S/C20H27N/c1-2-7-16(8-3-1)15-21-19-11-6-12-20(21)14-18(13-19)17-9-4-5-10-17/h1-3,7-8,13,17,19-20H,4-6,9-12,14-15H2. The molecule has 1 saturated carbocycles. The summed E-state index contributed by atoms with van der Waals surface area (Å²) in [5, 5.41) is 0. The summed E-state index contributed by atoms with van der Waals surface area (Å²) in [5.74, 6) is 0.937. The van der Waals surface area contributed by atoms with Crippen molar-refractivity contribution in [1.82, 2.24) is 4.90 Å². The van der Waals surface area contributed by atoms with Gasteiger partial charge in [0.25, 0.3) is 0 Å². The lowest BCUT2D eigenvalue weighted by atomic mass is 9.80. The van der Waals surface area contributed by atoms with Gasteiger partial charge in [0.15, 0.2) is 0 Å². The molecule has 112 valence electrons. The predicted molar refractivity (Wildman–Crippen MR) is 88.1 cm³/mol. The Hall–Kier alpha value is -1.08. The fourth-order valence-electron chi connectivity index (χ4n) is 4.79. The highest BCUT2D eigenvalue weighted by Gasteiger charge is 2.35. The van der Waals surface area contributed by atoms with Gasteiger partial charge >= 0.3 is 0 Å². The van der Waals surface area contributed by atoms with Crippen molar-refractivity contribution in [2.24, 2.45) is 5.92 Å². The van der Waals surface area contributed by atoms with Gasteiger partial charge in [-0.3, -0.25) is 4.90 Å². The van der Waals surface area contributed by atoms with E-state index in [2.05, 4.69) is 41.3 Å². The highest BCUT2D eigenvalue weighted by atomic mass is 15.2. The van der Waals surface area contributed by atoms with Crippen LogP contribution in [0.5, 0.6) is 0 Å². The lowest BCUT2D eigenvalue weighted by Gasteiger charge is -2.46. The minimum Gasteiger partial charge on any atom is -0.289 e. The quantitative estimate of drug-likeness (QED) is 0.710. The van der Waals surface area contributed by atoms with Crippen LogP contribution in [0.3, 0.4) is 0 Å². The lowest BCUT2D eigenvalue weighted by molar-refractivity contribution is 0.0854. The van der Waals surface area contributed by atoms with Crippen LogP contribution in [0.25, 0.3) is 0 Å². The first-order chi connectivity index (χ1) is 10.4. The Balaban J connectivity index is 1.53. The molecule has 0 amide bonds. The molecule has 2 atom stereocenters. The number of fused-ring (bicyclic) bond motifs is 2. The average Bonchev–Trinajstić information content (AvgIpc) is 3.02. The molecule has 3 aliphatic rings. The molecule has 4 rings (SSSR count). The van der Waals surface area contributed by atoms with Crippen LogP contribution >= 0.6 is 0 Å². The van der Waals surface area contributed by atoms with Crippen LogP contribution in [0.15, 0.2) is 42.0 Å². The molecule has 2 heterocycles. The summed E-state index contributed by atoms with van der Waals surface area (Å²) in [6.07, 6.45) is 14.1. The molecule has 2 aliphatic heterocycles. The normalized spacial score (nSPS) is 30.4. The predicted octanol–water partition coefficient (Wildman–Crippen LogP) is 4.93. The van der Waals surface area contributed by atoms with E-state index in [1.165, 1.54) is 56.9 Å². The maximum atomic E-state index is 2.79. The van der Waals surface area contributed by atoms with Crippen LogP contribution in [-0.2, 0) is 6.54 Å². The number of piperidine rings is 1. The molecule has 1 saturated heterocycles. The van der Waals surface area contributed by atoms with Gasteiger partial charge in [0, 0.05) is 18.6 Å². The van der Waals surface area contributed by atoms with Crippen LogP contribution in [0, 0.1) is 5.92 Å². The van der Waals surface area contributed by atoms with Crippen LogP contribution in [-0.4, -0.2) is 17.0 Å². The molecular formula is C20H27N. The molecule has 2 unspecified atom stereocenters. The fourth-order valence-corrected chi connectivity index (χ4v) is 4.79. The second kappa shape index (κ2) is 5.96. The molecule has 1 aromatic carbocycles. The van der Waals surface area contributed by atoms with Crippen molar-refractivity contribution in [2.45, 2.75) is 70.0 Å². The summed E-state index contributed by atoms with van der Waals surface area (Å²) < 4.78 is 0. The first kappa shape index (κ1) is 13.6. The highest BCUT2D eigenvalue weighted by Crippen LogP contribution is 2.41. The van der Waals surface area contributed by atoms with Crippen LogP contribution in [0.1, 0.15) is 56.9 Å². The maximum Gasteiger partial charge on any atom is 0.0287 e. The van der Waals surface area contributed by atoms with Gasteiger partial charge in [0.1, 0.15) is 0 Å². The molecule has 1 heteroatoms. The summed E-state index contributed by atoms with van der Waals surface area (Å²) in [7, 11) is 0. The average molecular weight is 281 g/mol. The van der Waals surface area contributed by atoms with Gasteiger partial charge in [0.05, 0.1) is 0 Å². The number of rotatable bonds is 3. The zero-order valence-corrected chi connectivity index (χ0v) is 13.0. The Morgan fingerprint density at radius 3 is 2.48 bits per heavy atom. The van der Waals surface area contributed by atoms with E-state index in [-0.39, 0.29) is 0 Å². The highest BCUT2D eigenvalue weighted by molar-refractivity contribution is 5.22. The van der Waals surface area contributed by atoms with E-state index >= 15 is 0 Å².